The average molecular weight is 122 g/mol. The summed E-state index contributed by atoms with van der Waals surface area (Å²) >= 11 is 0. The van der Waals surface area contributed by atoms with Gasteiger partial charge in [-0.15, -0.1) is 0 Å². The predicted octanol–water partition coefficient (Wildman–Crippen LogP) is 1.29. The molecule has 0 aromatic carbocycles. The fourth-order valence-corrected chi connectivity index (χ4v) is 0.241. The summed E-state index contributed by atoms with van der Waals surface area (Å²) in [5.41, 5.74) is 0. The van der Waals surface area contributed by atoms with Gasteiger partial charge in [0.15, 0.2) is 0 Å². The molecule has 2 nitrogen and oxygen atoms in total. The summed E-state index contributed by atoms with van der Waals surface area (Å²) in [7, 11) is 1.56. The summed E-state index contributed by atoms with van der Waals surface area (Å²) in [6.45, 7) is 2.11. The quantitative estimate of drug-likeness (QED) is 0.598. The Balaban J connectivity index is -0.000000125. The molecule has 1 unspecified atom stereocenters. The average Bonchev–Trinajstić information content (AvgIpc) is 1.35. The summed E-state index contributed by atoms with van der Waals surface area (Å²) in [6.07, 6.45) is -0.324. The van der Waals surface area contributed by atoms with Crippen LogP contribution in [0.2, 0.25) is 0 Å². The number of rotatable bonds is 2. The van der Waals surface area contributed by atoms with Gasteiger partial charge in [-0.1, -0.05) is 14.9 Å². The van der Waals surface area contributed by atoms with Gasteiger partial charge in [-0.05, 0) is 6.92 Å². The lowest BCUT2D eigenvalue weighted by molar-refractivity contribution is 0.0765. The maximum absolute atomic E-state index is 8.43. The molecule has 0 saturated carbocycles. The minimum absolute atomic E-state index is 0. The topological polar surface area (TPSA) is 29.5 Å². The van der Waals surface area contributed by atoms with Gasteiger partial charge in [0.25, 0.3) is 0 Å². The molecule has 0 aliphatic heterocycles. The Labute approximate surface area is 52.5 Å². The lowest BCUT2D eigenvalue weighted by Gasteiger charge is -1.97. The highest BCUT2D eigenvalue weighted by molar-refractivity contribution is 4.36. The number of hydrogen-bond acceptors (Lipinski definition) is 2. The molecule has 0 heterocycles. The number of methoxy groups -OCH3 is 1. The molecule has 0 spiro atoms. The first-order chi connectivity index (χ1) is 2.77. The highest BCUT2D eigenvalue weighted by Gasteiger charge is 1.87. The minimum Gasteiger partial charge on any atom is -0.391 e. The van der Waals surface area contributed by atoms with Crippen molar-refractivity contribution in [2.75, 3.05) is 13.7 Å². The molecule has 0 rings (SSSR count). The summed E-state index contributed by atoms with van der Waals surface area (Å²) in [5.74, 6) is 0. The van der Waals surface area contributed by atoms with Crippen molar-refractivity contribution in [2.45, 2.75) is 27.9 Å². The molecule has 1 N–H and O–H groups in total. The Morgan fingerprint density at radius 3 is 1.88 bits per heavy atom. The van der Waals surface area contributed by atoms with Crippen LogP contribution < -0.4 is 0 Å². The smallest absolute Gasteiger partial charge is 0.0745 e. The van der Waals surface area contributed by atoms with E-state index in [0.29, 0.717) is 6.61 Å². The Morgan fingerprint density at radius 2 is 1.88 bits per heavy atom. The van der Waals surface area contributed by atoms with Crippen molar-refractivity contribution in [3.8, 4) is 0 Å². The maximum Gasteiger partial charge on any atom is 0.0745 e. The molecule has 1 atom stereocenters. The highest BCUT2D eigenvalue weighted by atomic mass is 16.5. The van der Waals surface area contributed by atoms with Crippen molar-refractivity contribution in [2.24, 2.45) is 0 Å². The van der Waals surface area contributed by atoms with E-state index in [1.54, 1.807) is 14.0 Å². The van der Waals surface area contributed by atoms with Crippen molar-refractivity contribution in [3.63, 3.8) is 0 Å². The van der Waals surface area contributed by atoms with Crippen LogP contribution in [0.3, 0.4) is 0 Å². The highest BCUT2D eigenvalue weighted by Crippen LogP contribution is 1.75. The molecule has 54 valence electrons. The minimum atomic E-state index is -0.324. The Morgan fingerprint density at radius 1 is 1.50 bits per heavy atom. The maximum atomic E-state index is 8.43. The van der Waals surface area contributed by atoms with Crippen molar-refractivity contribution >= 4 is 0 Å². The molecule has 8 heavy (non-hydrogen) atoms. The molecule has 0 radical (unpaired) electrons. The van der Waals surface area contributed by atoms with E-state index in [1.807, 2.05) is 0 Å². The first-order valence-electron chi connectivity index (χ1n) is 1.94. The second-order valence-corrected chi connectivity index (χ2v) is 1.30. The first-order valence-corrected chi connectivity index (χ1v) is 1.94. The van der Waals surface area contributed by atoms with Gasteiger partial charge in [-0.2, -0.15) is 0 Å². The fraction of sp³-hybridized carbons (Fsp3) is 1.00. The lowest BCUT2D eigenvalue weighted by atomic mass is 10.5. The molecule has 0 aliphatic carbocycles. The zero-order chi connectivity index (χ0) is 4.99. The van der Waals surface area contributed by atoms with Gasteiger partial charge in [-0.3, -0.25) is 0 Å². The third-order valence-electron chi connectivity index (χ3n) is 0.408. The summed E-state index contributed by atoms with van der Waals surface area (Å²) < 4.78 is 4.55. The third kappa shape index (κ3) is 16.8. The Bertz CT molecular complexity index is 27.7. The second kappa shape index (κ2) is 10.0. The van der Waals surface area contributed by atoms with Crippen LogP contribution in [-0.2, 0) is 4.74 Å². The zero-order valence-electron chi connectivity index (χ0n) is 4.14. The Kier molecular flexibility index (Phi) is 19.6. The van der Waals surface area contributed by atoms with Gasteiger partial charge >= 0.3 is 0 Å². The number of ether oxygens (including phenoxy) is 1. The van der Waals surface area contributed by atoms with Crippen LogP contribution in [-0.4, -0.2) is 24.9 Å². The summed E-state index contributed by atoms with van der Waals surface area (Å²) in [6, 6.07) is 0. The fourth-order valence-electron chi connectivity index (χ4n) is 0.241. The largest absolute Gasteiger partial charge is 0.391 e. The first kappa shape index (κ1) is 15.7. The molecule has 0 aliphatic rings. The number of aliphatic hydroxyl groups is 1. The molecule has 0 bridgehead atoms. The molecule has 0 amide bonds. The van der Waals surface area contributed by atoms with E-state index in [2.05, 4.69) is 4.74 Å². The van der Waals surface area contributed by atoms with Crippen molar-refractivity contribution in [3.05, 3.63) is 0 Å². The van der Waals surface area contributed by atoms with E-state index in [9.17, 15) is 0 Å². The third-order valence-corrected chi connectivity index (χ3v) is 0.408. The van der Waals surface area contributed by atoms with Crippen LogP contribution in [0.4, 0.5) is 0 Å². The van der Waals surface area contributed by atoms with E-state index < -0.39 is 0 Å². The lowest BCUT2D eigenvalue weighted by Crippen LogP contribution is -2.07. The van der Waals surface area contributed by atoms with E-state index in [-0.39, 0.29) is 21.0 Å². The SMILES string of the molecule is C.C.COCC(C)O. The van der Waals surface area contributed by atoms with Gasteiger partial charge in [0.1, 0.15) is 0 Å². The van der Waals surface area contributed by atoms with Gasteiger partial charge in [0, 0.05) is 7.11 Å². The molecular formula is C6H18O2. The second-order valence-electron chi connectivity index (χ2n) is 1.30. The number of aliphatic hydroxyl groups excluding tert-OH is 1. The summed E-state index contributed by atoms with van der Waals surface area (Å²) in [4.78, 5) is 0. The van der Waals surface area contributed by atoms with Crippen molar-refractivity contribution < 1.29 is 9.84 Å². The predicted molar refractivity (Wildman–Crippen MR) is 37.0 cm³/mol. The standard InChI is InChI=1S/C4H10O2.2CH4/c1-4(5)3-6-2;;/h4-5H,3H2,1-2H3;2*1H4. The van der Waals surface area contributed by atoms with Crippen LogP contribution in [0.5, 0.6) is 0 Å². The number of hydrogen-bond donors (Lipinski definition) is 1. The Hall–Kier alpha value is -0.0800. The van der Waals surface area contributed by atoms with Crippen molar-refractivity contribution in [1.29, 1.82) is 0 Å². The van der Waals surface area contributed by atoms with Crippen LogP contribution >= 0.6 is 0 Å². The molecule has 0 fully saturated rings. The normalized spacial score (nSPS) is 10.9. The molecule has 0 aromatic rings. The van der Waals surface area contributed by atoms with E-state index >= 15 is 0 Å². The van der Waals surface area contributed by atoms with Crippen LogP contribution in [0.25, 0.3) is 0 Å². The van der Waals surface area contributed by atoms with Crippen LogP contribution in [0, 0.1) is 0 Å². The summed E-state index contributed by atoms with van der Waals surface area (Å²) in [5, 5.41) is 8.43. The molecule has 0 saturated heterocycles. The van der Waals surface area contributed by atoms with Crippen LogP contribution in [0.15, 0.2) is 0 Å². The van der Waals surface area contributed by atoms with Crippen molar-refractivity contribution in [1.82, 2.24) is 0 Å². The molecule has 2 heteroatoms. The monoisotopic (exact) mass is 122 g/mol. The van der Waals surface area contributed by atoms with E-state index in [1.165, 1.54) is 0 Å². The molecular weight excluding hydrogens is 104 g/mol. The zero-order valence-corrected chi connectivity index (χ0v) is 4.14. The van der Waals surface area contributed by atoms with Gasteiger partial charge < -0.3 is 9.84 Å². The molecule has 0 aromatic heterocycles. The van der Waals surface area contributed by atoms with Gasteiger partial charge in [0.2, 0.25) is 0 Å². The van der Waals surface area contributed by atoms with E-state index in [0.717, 1.165) is 0 Å². The van der Waals surface area contributed by atoms with Crippen LogP contribution in [0.1, 0.15) is 21.8 Å². The van der Waals surface area contributed by atoms with Gasteiger partial charge in [0.05, 0.1) is 12.7 Å². The van der Waals surface area contributed by atoms with Gasteiger partial charge in [-0.25, -0.2) is 0 Å². The van der Waals surface area contributed by atoms with E-state index in [4.69, 9.17) is 5.11 Å².